The third kappa shape index (κ3) is 3.05. The first kappa shape index (κ1) is 12.1. The van der Waals surface area contributed by atoms with Gasteiger partial charge < -0.3 is 4.74 Å². The molecule has 0 aliphatic heterocycles. The fourth-order valence-corrected chi connectivity index (χ4v) is 2.01. The lowest BCUT2D eigenvalue weighted by molar-refractivity contribution is -0.0417. The van der Waals surface area contributed by atoms with E-state index in [1.807, 2.05) is 44.2 Å². The Morgan fingerprint density at radius 1 is 1.24 bits per heavy atom. The summed E-state index contributed by atoms with van der Waals surface area (Å²) in [6.45, 7) is 4.00. The highest BCUT2D eigenvalue weighted by Crippen LogP contribution is 2.26. The Labute approximate surface area is 103 Å². The summed E-state index contributed by atoms with van der Waals surface area (Å²) in [4.78, 5) is 0. The predicted octanol–water partition coefficient (Wildman–Crippen LogP) is 3.11. The maximum absolute atomic E-state index is 6.15. The van der Waals surface area contributed by atoms with Gasteiger partial charge in [0.05, 0.1) is 6.10 Å². The first-order valence-corrected chi connectivity index (χ1v) is 6.01. The maximum Gasteiger partial charge on any atom is 0.140 e. The summed E-state index contributed by atoms with van der Waals surface area (Å²) in [6.07, 6.45) is 6.98. The predicted molar refractivity (Wildman–Crippen MR) is 71.3 cm³/mol. The van der Waals surface area contributed by atoms with Crippen molar-refractivity contribution in [3.8, 4) is 0 Å². The van der Waals surface area contributed by atoms with Gasteiger partial charge in [-0.05, 0) is 31.1 Å². The molecule has 1 aliphatic carbocycles. The summed E-state index contributed by atoms with van der Waals surface area (Å²) in [6, 6.07) is 10.3. The van der Waals surface area contributed by atoms with E-state index in [0.29, 0.717) is 6.42 Å². The molecule has 0 saturated heterocycles. The monoisotopic (exact) mass is 229 g/mol. The summed E-state index contributed by atoms with van der Waals surface area (Å²) in [5.74, 6) is 0. The van der Waals surface area contributed by atoms with E-state index in [0.717, 1.165) is 0 Å². The zero-order valence-electron chi connectivity index (χ0n) is 10.4. The molecular formula is C15H19NO. The standard InChI is InChI=1S/C15H19NO/c1-12(2)17-15(16)10-8-14(9-11-15)13-6-4-3-5-7-13/h3-10,12H,11,16H2,1-2H3. The molecule has 2 N–H and O–H groups in total. The van der Waals surface area contributed by atoms with E-state index in [9.17, 15) is 0 Å². The first-order valence-electron chi connectivity index (χ1n) is 6.01. The Hall–Kier alpha value is -1.38. The molecule has 2 nitrogen and oxygen atoms in total. The lowest BCUT2D eigenvalue weighted by Crippen LogP contribution is -2.43. The molecule has 1 aromatic rings. The Bertz CT molecular complexity index is 433. The molecule has 0 aromatic heterocycles. The van der Waals surface area contributed by atoms with E-state index in [1.54, 1.807) is 0 Å². The second-order valence-corrected chi connectivity index (χ2v) is 4.68. The summed E-state index contributed by atoms with van der Waals surface area (Å²) in [5.41, 5.74) is 7.93. The minimum Gasteiger partial charge on any atom is -0.354 e. The maximum atomic E-state index is 6.15. The van der Waals surface area contributed by atoms with Crippen LogP contribution in [0.5, 0.6) is 0 Å². The minimum atomic E-state index is -0.646. The van der Waals surface area contributed by atoms with Crippen molar-refractivity contribution in [2.24, 2.45) is 5.73 Å². The highest BCUT2D eigenvalue weighted by molar-refractivity contribution is 5.75. The number of rotatable bonds is 3. The normalized spacial score (nSPS) is 23.9. The molecule has 0 saturated carbocycles. The van der Waals surface area contributed by atoms with Gasteiger partial charge in [0.15, 0.2) is 0 Å². The van der Waals surface area contributed by atoms with Gasteiger partial charge in [-0.3, -0.25) is 5.73 Å². The first-order chi connectivity index (χ1) is 8.09. The van der Waals surface area contributed by atoms with Crippen LogP contribution in [-0.4, -0.2) is 11.8 Å². The molecule has 0 amide bonds. The van der Waals surface area contributed by atoms with Crippen molar-refractivity contribution in [3.05, 3.63) is 54.1 Å². The summed E-state index contributed by atoms with van der Waals surface area (Å²) in [5, 5.41) is 0. The van der Waals surface area contributed by atoms with Crippen molar-refractivity contribution in [1.29, 1.82) is 0 Å². The van der Waals surface area contributed by atoms with Gasteiger partial charge >= 0.3 is 0 Å². The Morgan fingerprint density at radius 2 is 1.94 bits per heavy atom. The second kappa shape index (κ2) is 4.86. The van der Waals surface area contributed by atoms with Crippen LogP contribution in [0.3, 0.4) is 0 Å². The van der Waals surface area contributed by atoms with Gasteiger partial charge in [0.25, 0.3) is 0 Å². The lowest BCUT2D eigenvalue weighted by atomic mass is 9.95. The molecule has 0 fully saturated rings. The van der Waals surface area contributed by atoms with Crippen LogP contribution in [0.25, 0.3) is 5.57 Å². The van der Waals surface area contributed by atoms with Gasteiger partial charge in [-0.1, -0.05) is 42.5 Å². The zero-order valence-corrected chi connectivity index (χ0v) is 10.4. The highest BCUT2D eigenvalue weighted by Gasteiger charge is 2.25. The van der Waals surface area contributed by atoms with Crippen LogP contribution in [0, 0.1) is 0 Å². The largest absolute Gasteiger partial charge is 0.354 e. The minimum absolute atomic E-state index is 0.135. The molecule has 1 aliphatic rings. The third-order valence-electron chi connectivity index (χ3n) is 2.75. The molecule has 17 heavy (non-hydrogen) atoms. The Morgan fingerprint density at radius 3 is 2.47 bits per heavy atom. The number of allylic oxidation sites excluding steroid dienone is 2. The van der Waals surface area contributed by atoms with Crippen molar-refractivity contribution in [3.63, 3.8) is 0 Å². The van der Waals surface area contributed by atoms with Crippen molar-refractivity contribution in [2.45, 2.75) is 32.1 Å². The lowest BCUT2D eigenvalue weighted by Gasteiger charge is -2.30. The van der Waals surface area contributed by atoms with Crippen LogP contribution >= 0.6 is 0 Å². The van der Waals surface area contributed by atoms with Crippen LogP contribution in [0.2, 0.25) is 0 Å². The number of hydrogen-bond acceptors (Lipinski definition) is 2. The number of nitrogens with two attached hydrogens (primary N) is 1. The van der Waals surface area contributed by atoms with Crippen LogP contribution in [0.15, 0.2) is 48.6 Å². The van der Waals surface area contributed by atoms with Crippen LogP contribution in [-0.2, 0) is 4.74 Å². The van der Waals surface area contributed by atoms with Gasteiger partial charge in [-0.15, -0.1) is 0 Å². The Balaban J connectivity index is 2.11. The quantitative estimate of drug-likeness (QED) is 0.808. The fraction of sp³-hybridized carbons (Fsp3) is 0.333. The molecule has 0 spiro atoms. The molecular weight excluding hydrogens is 210 g/mol. The molecule has 0 radical (unpaired) electrons. The van der Waals surface area contributed by atoms with Crippen molar-refractivity contribution in [1.82, 2.24) is 0 Å². The van der Waals surface area contributed by atoms with E-state index in [-0.39, 0.29) is 6.10 Å². The zero-order chi connectivity index (χ0) is 12.3. The molecule has 1 unspecified atom stereocenters. The van der Waals surface area contributed by atoms with Crippen LogP contribution in [0.1, 0.15) is 25.8 Å². The number of hydrogen-bond donors (Lipinski definition) is 1. The summed E-state index contributed by atoms with van der Waals surface area (Å²) in [7, 11) is 0. The van der Waals surface area contributed by atoms with Gasteiger partial charge in [0.1, 0.15) is 5.72 Å². The molecule has 2 heteroatoms. The van der Waals surface area contributed by atoms with E-state index in [1.165, 1.54) is 11.1 Å². The van der Waals surface area contributed by atoms with Crippen molar-refractivity contribution < 1.29 is 4.74 Å². The second-order valence-electron chi connectivity index (χ2n) is 4.68. The smallest absolute Gasteiger partial charge is 0.140 e. The average Bonchev–Trinajstić information content (AvgIpc) is 2.29. The van der Waals surface area contributed by atoms with Gasteiger partial charge in [0.2, 0.25) is 0 Å². The average molecular weight is 229 g/mol. The highest BCUT2D eigenvalue weighted by atomic mass is 16.5. The molecule has 90 valence electrons. The summed E-state index contributed by atoms with van der Waals surface area (Å²) < 4.78 is 5.71. The van der Waals surface area contributed by atoms with Crippen molar-refractivity contribution in [2.75, 3.05) is 0 Å². The summed E-state index contributed by atoms with van der Waals surface area (Å²) >= 11 is 0. The SMILES string of the molecule is CC(C)OC1(N)C=CC(c2ccccc2)=CC1. The number of ether oxygens (including phenoxy) is 1. The van der Waals surface area contributed by atoms with Crippen LogP contribution in [0.4, 0.5) is 0 Å². The topological polar surface area (TPSA) is 35.2 Å². The fourth-order valence-electron chi connectivity index (χ4n) is 2.01. The van der Waals surface area contributed by atoms with E-state index in [2.05, 4.69) is 18.2 Å². The molecule has 1 atom stereocenters. The van der Waals surface area contributed by atoms with E-state index >= 15 is 0 Å². The van der Waals surface area contributed by atoms with Gasteiger partial charge in [0, 0.05) is 6.42 Å². The molecule has 0 heterocycles. The molecule has 1 aromatic carbocycles. The van der Waals surface area contributed by atoms with Gasteiger partial charge in [-0.25, -0.2) is 0 Å². The Kier molecular flexibility index (Phi) is 3.46. The van der Waals surface area contributed by atoms with Gasteiger partial charge in [-0.2, -0.15) is 0 Å². The van der Waals surface area contributed by atoms with Crippen LogP contribution < -0.4 is 5.73 Å². The molecule has 2 rings (SSSR count). The van der Waals surface area contributed by atoms with E-state index in [4.69, 9.17) is 10.5 Å². The third-order valence-corrected chi connectivity index (χ3v) is 2.75. The van der Waals surface area contributed by atoms with E-state index < -0.39 is 5.72 Å². The molecule has 0 bridgehead atoms. The number of benzene rings is 1. The van der Waals surface area contributed by atoms with Crippen molar-refractivity contribution >= 4 is 5.57 Å².